The van der Waals surface area contributed by atoms with Crippen molar-refractivity contribution in [3.8, 4) is 5.69 Å². The van der Waals surface area contributed by atoms with E-state index in [0.29, 0.717) is 22.8 Å². The van der Waals surface area contributed by atoms with Gasteiger partial charge in [-0.1, -0.05) is 24.6 Å². The number of aryl methyl sites for hydroxylation is 1. The zero-order valence-corrected chi connectivity index (χ0v) is 13.6. The van der Waals surface area contributed by atoms with Gasteiger partial charge in [-0.15, -0.1) is 0 Å². The topological polar surface area (TPSA) is 64.7 Å². The second kappa shape index (κ2) is 6.26. The first kappa shape index (κ1) is 15.3. The molecule has 6 nitrogen and oxygen atoms in total. The van der Waals surface area contributed by atoms with Gasteiger partial charge in [0.1, 0.15) is 0 Å². The SMILES string of the molecule is CCc1c(C(=O)Nc2ccn(C)n2)cnn1-c1cccc(Cl)c1. The largest absolute Gasteiger partial charge is 0.305 e. The lowest BCUT2D eigenvalue weighted by molar-refractivity contribution is 0.102. The molecule has 0 spiro atoms. The summed E-state index contributed by atoms with van der Waals surface area (Å²) in [4.78, 5) is 12.5. The lowest BCUT2D eigenvalue weighted by Crippen LogP contribution is -2.14. The predicted octanol–water partition coefficient (Wildman–Crippen LogP) is 3.07. The highest BCUT2D eigenvalue weighted by Crippen LogP contribution is 2.19. The van der Waals surface area contributed by atoms with Crippen LogP contribution in [-0.4, -0.2) is 25.5 Å². The second-order valence-electron chi connectivity index (χ2n) is 5.08. The highest BCUT2D eigenvalue weighted by molar-refractivity contribution is 6.30. The Balaban J connectivity index is 1.93. The first-order valence-electron chi connectivity index (χ1n) is 7.22. The molecule has 2 aromatic heterocycles. The molecular formula is C16H16ClN5O. The van der Waals surface area contributed by atoms with Gasteiger partial charge in [0.05, 0.1) is 23.1 Å². The smallest absolute Gasteiger partial charge is 0.260 e. The Morgan fingerprint density at radius 3 is 2.83 bits per heavy atom. The Hall–Kier alpha value is -2.60. The van der Waals surface area contributed by atoms with Crippen molar-refractivity contribution in [3.05, 3.63) is 59.0 Å². The van der Waals surface area contributed by atoms with E-state index in [-0.39, 0.29) is 5.91 Å². The first-order chi connectivity index (χ1) is 11.1. The quantitative estimate of drug-likeness (QED) is 0.800. The predicted molar refractivity (Wildman–Crippen MR) is 89.1 cm³/mol. The molecule has 2 heterocycles. The minimum Gasteiger partial charge on any atom is -0.305 e. The monoisotopic (exact) mass is 329 g/mol. The van der Waals surface area contributed by atoms with Crippen LogP contribution >= 0.6 is 11.6 Å². The number of nitrogens with one attached hydrogen (secondary N) is 1. The van der Waals surface area contributed by atoms with Crippen LogP contribution < -0.4 is 5.32 Å². The molecule has 0 saturated heterocycles. The number of carbonyl (C=O) groups is 1. The van der Waals surface area contributed by atoms with Crippen molar-refractivity contribution in [2.75, 3.05) is 5.32 Å². The van der Waals surface area contributed by atoms with Crippen molar-refractivity contribution in [2.45, 2.75) is 13.3 Å². The molecule has 7 heteroatoms. The highest BCUT2D eigenvalue weighted by atomic mass is 35.5. The maximum absolute atomic E-state index is 12.5. The summed E-state index contributed by atoms with van der Waals surface area (Å²) in [6.07, 6.45) is 4.00. The number of anilines is 1. The Kier molecular flexibility index (Phi) is 4.16. The van der Waals surface area contributed by atoms with E-state index in [1.165, 1.54) is 0 Å². The van der Waals surface area contributed by atoms with Gasteiger partial charge in [-0.3, -0.25) is 9.48 Å². The number of nitrogens with zero attached hydrogens (tertiary/aromatic N) is 4. The summed E-state index contributed by atoms with van der Waals surface area (Å²) in [5.41, 5.74) is 2.17. The van der Waals surface area contributed by atoms with Gasteiger partial charge in [0.25, 0.3) is 5.91 Å². The van der Waals surface area contributed by atoms with Crippen LogP contribution in [0.2, 0.25) is 5.02 Å². The molecule has 0 aliphatic rings. The van der Waals surface area contributed by atoms with Crippen LogP contribution in [0.15, 0.2) is 42.7 Å². The van der Waals surface area contributed by atoms with E-state index in [1.54, 1.807) is 40.9 Å². The molecule has 118 valence electrons. The average molecular weight is 330 g/mol. The molecule has 0 aliphatic heterocycles. The number of hydrogen-bond donors (Lipinski definition) is 1. The minimum absolute atomic E-state index is 0.228. The number of aromatic nitrogens is 4. The van der Waals surface area contributed by atoms with Crippen molar-refractivity contribution in [2.24, 2.45) is 7.05 Å². The van der Waals surface area contributed by atoms with Crippen molar-refractivity contribution in [1.29, 1.82) is 0 Å². The van der Waals surface area contributed by atoms with E-state index < -0.39 is 0 Å². The summed E-state index contributed by atoms with van der Waals surface area (Å²) in [6, 6.07) is 9.11. The van der Waals surface area contributed by atoms with Crippen LogP contribution in [0.4, 0.5) is 5.82 Å². The van der Waals surface area contributed by atoms with Crippen LogP contribution in [0, 0.1) is 0 Å². The van der Waals surface area contributed by atoms with Gasteiger partial charge in [0.2, 0.25) is 0 Å². The van der Waals surface area contributed by atoms with E-state index in [4.69, 9.17) is 11.6 Å². The van der Waals surface area contributed by atoms with Crippen molar-refractivity contribution < 1.29 is 4.79 Å². The van der Waals surface area contributed by atoms with Crippen LogP contribution in [0.1, 0.15) is 23.0 Å². The fraction of sp³-hybridized carbons (Fsp3) is 0.188. The molecule has 1 aromatic carbocycles. The van der Waals surface area contributed by atoms with Crippen molar-refractivity contribution in [1.82, 2.24) is 19.6 Å². The minimum atomic E-state index is -0.228. The standard InChI is InChI=1S/C16H16ClN5O/c1-3-14-13(16(23)19-15-7-8-21(2)20-15)10-18-22(14)12-6-4-5-11(17)9-12/h4-10H,3H2,1-2H3,(H,19,20,23). The fourth-order valence-corrected chi connectivity index (χ4v) is 2.58. The third-order valence-electron chi connectivity index (χ3n) is 3.46. The highest BCUT2D eigenvalue weighted by Gasteiger charge is 2.18. The van der Waals surface area contributed by atoms with Crippen LogP contribution in [-0.2, 0) is 13.5 Å². The summed E-state index contributed by atoms with van der Waals surface area (Å²) >= 11 is 6.04. The van der Waals surface area contributed by atoms with E-state index in [2.05, 4.69) is 15.5 Å². The average Bonchev–Trinajstić information content (AvgIpc) is 3.13. The molecule has 0 atom stereocenters. The van der Waals surface area contributed by atoms with Gasteiger partial charge < -0.3 is 5.32 Å². The third kappa shape index (κ3) is 3.12. The van der Waals surface area contributed by atoms with E-state index in [9.17, 15) is 4.79 Å². The summed E-state index contributed by atoms with van der Waals surface area (Å²) in [7, 11) is 1.80. The van der Waals surface area contributed by atoms with Crippen molar-refractivity contribution in [3.63, 3.8) is 0 Å². The molecule has 0 unspecified atom stereocenters. The van der Waals surface area contributed by atoms with Crippen LogP contribution in [0.5, 0.6) is 0 Å². The summed E-state index contributed by atoms with van der Waals surface area (Å²) in [5, 5.41) is 11.9. The van der Waals surface area contributed by atoms with E-state index in [1.807, 2.05) is 25.1 Å². The lowest BCUT2D eigenvalue weighted by Gasteiger charge is -2.08. The number of hydrogen-bond acceptors (Lipinski definition) is 3. The maximum atomic E-state index is 12.5. The van der Waals surface area contributed by atoms with E-state index >= 15 is 0 Å². The Morgan fingerprint density at radius 2 is 2.17 bits per heavy atom. The van der Waals surface area contributed by atoms with Crippen LogP contribution in [0.25, 0.3) is 5.69 Å². The van der Waals surface area contributed by atoms with Gasteiger partial charge >= 0.3 is 0 Å². The molecule has 1 N–H and O–H groups in total. The number of rotatable bonds is 4. The maximum Gasteiger partial charge on any atom is 0.260 e. The van der Waals surface area contributed by atoms with Gasteiger partial charge in [-0.05, 0) is 24.6 Å². The molecule has 3 aromatic rings. The molecular weight excluding hydrogens is 314 g/mol. The fourth-order valence-electron chi connectivity index (χ4n) is 2.40. The van der Waals surface area contributed by atoms with Gasteiger partial charge in [-0.2, -0.15) is 10.2 Å². The molecule has 23 heavy (non-hydrogen) atoms. The third-order valence-corrected chi connectivity index (χ3v) is 3.69. The van der Waals surface area contributed by atoms with Gasteiger partial charge in [0.15, 0.2) is 5.82 Å². The first-order valence-corrected chi connectivity index (χ1v) is 7.60. The Morgan fingerprint density at radius 1 is 1.35 bits per heavy atom. The summed E-state index contributed by atoms with van der Waals surface area (Å²) in [5.74, 6) is 0.281. The van der Waals surface area contributed by atoms with Gasteiger partial charge in [0, 0.05) is 24.3 Å². The van der Waals surface area contributed by atoms with Crippen LogP contribution in [0.3, 0.4) is 0 Å². The molecule has 0 radical (unpaired) electrons. The zero-order valence-electron chi connectivity index (χ0n) is 12.8. The molecule has 0 bridgehead atoms. The van der Waals surface area contributed by atoms with E-state index in [0.717, 1.165) is 11.4 Å². The molecule has 3 rings (SSSR count). The van der Waals surface area contributed by atoms with Gasteiger partial charge in [-0.25, -0.2) is 4.68 Å². The number of halogens is 1. The molecule has 0 aliphatic carbocycles. The molecule has 0 fully saturated rings. The number of benzene rings is 1. The number of amides is 1. The lowest BCUT2D eigenvalue weighted by atomic mass is 10.2. The number of carbonyl (C=O) groups excluding carboxylic acids is 1. The Labute approximate surface area is 138 Å². The Bertz CT molecular complexity index is 852. The summed E-state index contributed by atoms with van der Waals surface area (Å²) in [6.45, 7) is 1.98. The van der Waals surface area contributed by atoms with Crippen molar-refractivity contribution >= 4 is 23.3 Å². The molecule has 0 saturated carbocycles. The summed E-state index contributed by atoms with van der Waals surface area (Å²) < 4.78 is 3.37. The zero-order chi connectivity index (χ0) is 16.4. The molecule has 1 amide bonds. The second-order valence-corrected chi connectivity index (χ2v) is 5.52. The normalized spacial score (nSPS) is 10.7.